The largest absolute Gasteiger partial charge is 0.360 e. The summed E-state index contributed by atoms with van der Waals surface area (Å²) < 4.78 is 0. The summed E-state index contributed by atoms with van der Waals surface area (Å²) in [6, 6.07) is 4.26. The third-order valence-corrected chi connectivity index (χ3v) is 2.46. The van der Waals surface area contributed by atoms with E-state index in [2.05, 4.69) is 29.5 Å². The van der Waals surface area contributed by atoms with E-state index in [0.29, 0.717) is 11.2 Å². The summed E-state index contributed by atoms with van der Waals surface area (Å²) in [5.74, 6) is 0. The lowest BCUT2D eigenvalue weighted by atomic mass is 10.2. The number of thiocarbonyl (C=S) groups is 1. The number of hydrogen-bond acceptors (Lipinski definition) is 2. The first kappa shape index (κ1) is 11.9. The van der Waals surface area contributed by atoms with Gasteiger partial charge < -0.3 is 10.6 Å². The highest BCUT2D eigenvalue weighted by atomic mass is 32.1. The molecular weight excluding hydrogens is 206 g/mol. The molecule has 0 aliphatic heterocycles. The smallest absolute Gasteiger partial charge is 0.171 e. The van der Waals surface area contributed by atoms with Crippen LogP contribution in [0, 0.1) is 0 Å². The molecule has 0 spiro atoms. The van der Waals surface area contributed by atoms with E-state index in [0.717, 1.165) is 18.5 Å². The zero-order valence-corrected chi connectivity index (χ0v) is 9.97. The topological polar surface area (TPSA) is 37.0 Å². The van der Waals surface area contributed by atoms with Crippen LogP contribution < -0.4 is 10.6 Å². The van der Waals surface area contributed by atoms with Crippen LogP contribution in [0.1, 0.15) is 26.7 Å². The molecule has 0 fully saturated rings. The van der Waals surface area contributed by atoms with Crippen molar-refractivity contribution in [3.05, 3.63) is 24.5 Å². The van der Waals surface area contributed by atoms with Gasteiger partial charge in [0.2, 0.25) is 0 Å². The number of pyridine rings is 1. The fourth-order valence-electron chi connectivity index (χ4n) is 1.28. The number of aromatic nitrogens is 1. The molecule has 4 heteroatoms. The Bertz CT molecular complexity index is 296. The first-order chi connectivity index (χ1) is 7.26. The van der Waals surface area contributed by atoms with E-state index in [1.165, 1.54) is 0 Å². The minimum absolute atomic E-state index is 0.446. The average Bonchev–Trinajstić information content (AvgIpc) is 2.27. The zero-order valence-electron chi connectivity index (χ0n) is 9.16. The fraction of sp³-hybridized carbons (Fsp3) is 0.455. The van der Waals surface area contributed by atoms with Gasteiger partial charge in [-0.05, 0) is 37.2 Å². The molecule has 0 amide bonds. The third-order valence-electron chi connectivity index (χ3n) is 2.24. The molecule has 1 rings (SSSR count). The lowest BCUT2D eigenvalue weighted by Crippen LogP contribution is -2.36. The number of anilines is 1. The molecule has 0 aliphatic carbocycles. The Kier molecular flexibility index (Phi) is 5.04. The molecule has 0 saturated heterocycles. The summed E-state index contributed by atoms with van der Waals surface area (Å²) >= 11 is 5.19. The minimum atomic E-state index is 0.446. The van der Waals surface area contributed by atoms with Crippen LogP contribution in [0.25, 0.3) is 0 Å². The van der Waals surface area contributed by atoms with Gasteiger partial charge in [0.25, 0.3) is 0 Å². The van der Waals surface area contributed by atoms with Crippen molar-refractivity contribution >= 4 is 23.0 Å². The van der Waals surface area contributed by atoms with Gasteiger partial charge in [-0.3, -0.25) is 4.98 Å². The van der Waals surface area contributed by atoms with Gasteiger partial charge in [0.15, 0.2) is 5.11 Å². The second-order valence-electron chi connectivity index (χ2n) is 3.35. The van der Waals surface area contributed by atoms with Gasteiger partial charge in [-0.2, -0.15) is 0 Å². The van der Waals surface area contributed by atoms with Gasteiger partial charge in [0, 0.05) is 12.2 Å². The Balaban J connectivity index is 2.43. The highest BCUT2D eigenvalue weighted by Crippen LogP contribution is 2.03. The summed E-state index contributed by atoms with van der Waals surface area (Å²) in [4.78, 5) is 4.01. The van der Waals surface area contributed by atoms with Crippen LogP contribution in [-0.4, -0.2) is 16.1 Å². The first-order valence-electron chi connectivity index (χ1n) is 5.23. The molecule has 0 saturated carbocycles. The normalized spacial score (nSPS) is 10.1. The molecule has 82 valence electrons. The SMILES string of the molecule is CCC(CC)NC(=S)Nc1cccnc1. The van der Waals surface area contributed by atoms with E-state index in [9.17, 15) is 0 Å². The monoisotopic (exact) mass is 223 g/mol. The molecule has 1 aromatic rings. The molecular formula is C11H17N3S. The Morgan fingerprint density at radius 2 is 2.20 bits per heavy atom. The molecule has 0 atom stereocenters. The number of hydrogen-bond donors (Lipinski definition) is 2. The van der Waals surface area contributed by atoms with E-state index in [-0.39, 0.29) is 0 Å². The maximum Gasteiger partial charge on any atom is 0.171 e. The lowest BCUT2D eigenvalue weighted by Gasteiger charge is -2.17. The minimum Gasteiger partial charge on any atom is -0.360 e. The van der Waals surface area contributed by atoms with Gasteiger partial charge >= 0.3 is 0 Å². The number of rotatable bonds is 4. The molecule has 15 heavy (non-hydrogen) atoms. The van der Waals surface area contributed by atoms with Crippen LogP contribution in [0.3, 0.4) is 0 Å². The van der Waals surface area contributed by atoms with E-state index >= 15 is 0 Å². The van der Waals surface area contributed by atoms with Crippen LogP contribution in [0.5, 0.6) is 0 Å². The Labute approximate surface area is 96.3 Å². The van der Waals surface area contributed by atoms with Crippen LogP contribution in [0.15, 0.2) is 24.5 Å². The van der Waals surface area contributed by atoms with Crippen molar-refractivity contribution in [2.24, 2.45) is 0 Å². The second kappa shape index (κ2) is 6.35. The summed E-state index contributed by atoms with van der Waals surface area (Å²) in [6.07, 6.45) is 5.64. The summed E-state index contributed by atoms with van der Waals surface area (Å²) in [6.45, 7) is 4.29. The van der Waals surface area contributed by atoms with Crippen molar-refractivity contribution in [2.75, 3.05) is 5.32 Å². The second-order valence-corrected chi connectivity index (χ2v) is 3.76. The maximum absolute atomic E-state index is 5.19. The predicted molar refractivity (Wildman–Crippen MR) is 68.0 cm³/mol. The third kappa shape index (κ3) is 4.25. The first-order valence-corrected chi connectivity index (χ1v) is 5.64. The molecule has 3 nitrogen and oxygen atoms in total. The van der Waals surface area contributed by atoms with E-state index < -0.39 is 0 Å². The molecule has 1 heterocycles. The van der Waals surface area contributed by atoms with E-state index in [1.807, 2.05) is 12.1 Å². The van der Waals surface area contributed by atoms with Crippen LogP contribution in [-0.2, 0) is 0 Å². The Morgan fingerprint density at radius 3 is 2.73 bits per heavy atom. The number of nitrogens with zero attached hydrogens (tertiary/aromatic N) is 1. The quantitative estimate of drug-likeness (QED) is 0.769. The molecule has 1 aromatic heterocycles. The van der Waals surface area contributed by atoms with Gasteiger partial charge in [-0.15, -0.1) is 0 Å². The van der Waals surface area contributed by atoms with Gasteiger partial charge in [0.1, 0.15) is 0 Å². The molecule has 0 bridgehead atoms. The van der Waals surface area contributed by atoms with Crippen LogP contribution in [0.4, 0.5) is 5.69 Å². The van der Waals surface area contributed by atoms with Crippen molar-refractivity contribution in [3.63, 3.8) is 0 Å². The summed E-state index contributed by atoms with van der Waals surface area (Å²) in [5.41, 5.74) is 0.918. The average molecular weight is 223 g/mol. The predicted octanol–water partition coefficient (Wildman–Crippen LogP) is 2.56. The van der Waals surface area contributed by atoms with E-state index in [4.69, 9.17) is 12.2 Å². The fourth-order valence-corrected chi connectivity index (χ4v) is 1.57. The van der Waals surface area contributed by atoms with Crippen molar-refractivity contribution in [3.8, 4) is 0 Å². The summed E-state index contributed by atoms with van der Waals surface area (Å²) in [5, 5.41) is 7.02. The van der Waals surface area contributed by atoms with Crippen molar-refractivity contribution in [2.45, 2.75) is 32.7 Å². The van der Waals surface area contributed by atoms with E-state index in [1.54, 1.807) is 12.4 Å². The zero-order chi connectivity index (χ0) is 11.1. The van der Waals surface area contributed by atoms with Crippen molar-refractivity contribution in [1.82, 2.24) is 10.3 Å². The summed E-state index contributed by atoms with van der Waals surface area (Å²) in [7, 11) is 0. The maximum atomic E-state index is 5.19. The molecule has 0 aliphatic rings. The van der Waals surface area contributed by atoms with Gasteiger partial charge in [0.05, 0.1) is 11.9 Å². The van der Waals surface area contributed by atoms with Gasteiger partial charge in [-0.1, -0.05) is 13.8 Å². The van der Waals surface area contributed by atoms with Crippen LogP contribution >= 0.6 is 12.2 Å². The standard InChI is InChI=1S/C11H17N3S/c1-3-9(4-2)13-11(15)14-10-6-5-7-12-8-10/h5-9H,3-4H2,1-2H3,(H2,13,14,15). The molecule has 0 radical (unpaired) electrons. The van der Waals surface area contributed by atoms with Gasteiger partial charge in [-0.25, -0.2) is 0 Å². The van der Waals surface area contributed by atoms with Crippen molar-refractivity contribution < 1.29 is 0 Å². The lowest BCUT2D eigenvalue weighted by molar-refractivity contribution is 0.573. The molecule has 2 N–H and O–H groups in total. The highest BCUT2D eigenvalue weighted by molar-refractivity contribution is 7.80. The number of nitrogens with one attached hydrogen (secondary N) is 2. The van der Waals surface area contributed by atoms with Crippen LogP contribution in [0.2, 0.25) is 0 Å². The Hall–Kier alpha value is -1.16. The molecule has 0 unspecified atom stereocenters. The Morgan fingerprint density at radius 1 is 1.47 bits per heavy atom. The van der Waals surface area contributed by atoms with Crippen molar-refractivity contribution in [1.29, 1.82) is 0 Å². The molecule has 0 aromatic carbocycles. The highest BCUT2D eigenvalue weighted by Gasteiger charge is 2.04.